The number of hydrogen-bond acceptors (Lipinski definition) is 5. The van der Waals surface area contributed by atoms with Gasteiger partial charge in [-0.15, -0.1) is 0 Å². The van der Waals surface area contributed by atoms with Crippen molar-refractivity contribution < 1.29 is 8.83 Å². The highest BCUT2D eigenvalue weighted by Crippen LogP contribution is 2.41. The molecule has 0 N–H and O–H groups in total. The number of para-hydroxylation sites is 2. The topological polar surface area (TPSA) is 65.0 Å². The van der Waals surface area contributed by atoms with Crippen LogP contribution in [0.3, 0.4) is 0 Å². The van der Waals surface area contributed by atoms with Crippen molar-refractivity contribution in [2.45, 2.75) is 6.92 Å². The van der Waals surface area contributed by atoms with Crippen molar-refractivity contribution in [3.05, 3.63) is 175 Å². The largest absolute Gasteiger partial charge is 0.456 e. The second-order valence-electron chi connectivity index (χ2n) is 13.1. The average molecular weight is 682 g/mol. The Morgan fingerprint density at radius 3 is 1.91 bits per heavy atom. The maximum absolute atomic E-state index is 6.27. The van der Waals surface area contributed by atoms with Gasteiger partial charge in [-0.3, -0.25) is 0 Å². The van der Waals surface area contributed by atoms with Crippen LogP contribution in [0.2, 0.25) is 0 Å². The molecule has 0 saturated carbocycles. The van der Waals surface area contributed by atoms with Gasteiger partial charge < -0.3 is 8.83 Å². The second-order valence-corrected chi connectivity index (χ2v) is 13.1. The summed E-state index contributed by atoms with van der Waals surface area (Å²) in [6.07, 6.45) is 6.21. The first-order chi connectivity index (χ1) is 26.2. The summed E-state index contributed by atoms with van der Waals surface area (Å²) in [6, 6.07) is 51.8. The SMILES string of the molecule is C/C=C(\C=C/c1ccccc1)c1nc(-c2ccc3oc4ccccc4c3c2)nc(-c2cccc3c(-c4cccc5oc6ccccc6c45)cccc23)n1. The summed E-state index contributed by atoms with van der Waals surface area (Å²) < 4.78 is 12.4. The molecule has 0 fully saturated rings. The summed E-state index contributed by atoms with van der Waals surface area (Å²) >= 11 is 0. The lowest BCUT2D eigenvalue weighted by Crippen LogP contribution is -2.02. The van der Waals surface area contributed by atoms with Crippen molar-refractivity contribution >= 4 is 66.3 Å². The molecule has 5 heteroatoms. The van der Waals surface area contributed by atoms with Crippen molar-refractivity contribution in [3.8, 4) is 33.9 Å². The number of furan rings is 2. The Balaban J connectivity index is 1.18. The quantitative estimate of drug-likeness (QED) is 0.163. The van der Waals surface area contributed by atoms with Gasteiger partial charge in [0.1, 0.15) is 22.3 Å². The predicted octanol–water partition coefficient (Wildman–Crippen LogP) is 12.9. The molecule has 10 aromatic rings. The van der Waals surface area contributed by atoms with Gasteiger partial charge in [0.05, 0.1) is 0 Å². The summed E-state index contributed by atoms with van der Waals surface area (Å²) in [5.41, 5.74) is 9.47. The fourth-order valence-electron chi connectivity index (χ4n) is 7.41. The van der Waals surface area contributed by atoms with E-state index < -0.39 is 0 Å². The molecule has 0 unspecified atom stereocenters. The summed E-state index contributed by atoms with van der Waals surface area (Å²) in [4.78, 5) is 15.5. The Labute approximate surface area is 305 Å². The zero-order chi connectivity index (χ0) is 35.3. The monoisotopic (exact) mass is 681 g/mol. The standard InChI is InChI=1S/C48H31N3O2/c1-2-31(26-25-30-13-4-3-5-14-30)46-49-47(32-27-28-43-40(29-32)36-15-6-8-22-41(36)52-43)51-48(50-46)38-21-11-17-33-34(18-10-19-35(33)38)37-20-12-24-44-45(37)39-16-7-9-23-42(39)53-44/h2-29H,1H3/b26-25-,31-2+. The molecule has 0 bridgehead atoms. The third kappa shape index (κ3) is 5.29. The molecular formula is C48H31N3O2. The van der Waals surface area contributed by atoms with Crippen LogP contribution >= 0.6 is 0 Å². The smallest absolute Gasteiger partial charge is 0.164 e. The van der Waals surface area contributed by atoms with Crippen LogP contribution in [0.25, 0.3) is 100 Å². The van der Waals surface area contributed by atoms with Crippen LogP contribution in [0.1, 0.15) is 18.3 Å². The predicted molar refractivity (Wildman–Crippen MR) is 217 cm³/mol. The molecule has 0 spiro atoms. The molecule has 5 nitrogen and oxygen atoms in total. The molecule has 0 saturated heterocycles. The van der Waals surface area contributed by atoms with E-state index in [9.17, 15) is 0 Å². The normalized spacial score (nSPS) is 12.3. The Morgan fingerprint density at radius 1 is 0.472 bits per heavy atom. The molecule has 3 heterocycles. The fourth-order valence-corrected chi connectivity index (χ4v) is 7.41. The van der Waals surface area contributed by atoms with E-state index in [0.717, 1.165) is 88.0 Å². The molecule has 0 radical (unpaired) electrons. The second kappa shape index (κ2) is 12.6. The number of rotatable bonds is 6. The maximum atomic E-state index is 6.27. The highest BCUT2D eigenvalue weighted by atomic mass is 16.3. The van der Waals surface area contributed by atoms with Crippen LogP contribution in [0.5, 0.6) is 0 Å². The maximum Gasteiger partial charge on any atom is 0.164 e. The van der Waals surface area contributed by atoms with Gasteiger partial charge in [-0.25, -0.2) is 15.0 Å². The molecule has 0 amide bonds. The molecule has 10 rings (SSSR count). The number of benzene rings is 7. The number of fused-ring (bicyclic) bond motifs is 7. The first-order valence-electron chi connectivity index (χ1n) is 17.7. The number of allylic oxidation sites excluding steroid dienone is 3. The van der Waals surface area contributed by atoms with Gasteiger partial charge in [0.2, 0.25) is 0 Å². The van der Waals surface area contributed by atoms with E-state index in [-0.39, 0.29) is 0 Å². The van der Waals surface area contributed by atoms with E-state index in [0.29, 0.717) is 17.5 Å². The van der Waals surface area contributed by atoms with E-state index in [2.05, 4.69) is 97.1 Å². The minimum Gasteiger partial charge on any atom is -0.456 e. The van der Waals surface area contributed by atoms with Gasteiger partial charge in [-0.1, -0.05) is 133 Å². The van der Waals surface area contributed by atoms with Crippen LogP contribution < -0.4 is 0 Å². The van der Waals surface area contributed by atoms with Crippen molar-refractivity contribution in [1.29, 1.82) is 0 Å². The summed E-state index contributed by atoms with van der Waals surface area (Å²) in [5.74, 6) is 1.79. The highest BCUT2D eigenvalue weighted by molar-refractivity contribution is 6.16. The lowest BCUT2D eigenvalue weighted by molar-refractivity contribution is 0.668. The van der Waals surface area contributed by atoms with Gasteiger partial charge in [-0.05, 0) is 70.8 Å². The Bertz CT molecular complexity index is 3080. The van der Waals surface area contributed by atoms with Crippen LogP contribution in [0.15, 0.2) is 173 Å². The fraction of sp³-hybridized carbons (Fsp3) is 0.0208. The number of hydrogen-bond donors (Lipinski definition) is 0. The first-order valence-corrected chi connectivity index (χ1v) is 17.7. The molecule has 3 aromatic heterocycles. The molecule has 0 aliphatic carbocycles. The minimum atomic E-state index is 0.590. The van der Waals surface area contributed by atoms with Gasteiger partial charge in [0, 0.05) is 38.2 Å². The van der Waals surface area contributed by atoms with Crippen molar-refractivity contribution in [2.24, 2.45) is 0 Å². The van der Waals surface area contributed by atoms with Crippen LogP contribution in [-0.2, 0) is 0 Å². The van der Waals surface area contributed by atoms with Gasteiger partial charge in [-0.2, -0.15) is 0 Å². The zero-order valence-electron chi connectivity index (χ0n) is 28.8. The molecule has 250 valence electrons. The third-order valence-corrected chi connectivity index (χ3v) is 9.95. The van der Waals surface area contributed by atoms with Crippen molar-refractivity contribution in [2.75, 3.05) is 0 Å². The van der Waals surface area contributed by atoms with Crippen LogP contribution in [-0.4, -0.2) is 15.0 Å². The van der Waals surface area contributed by atoms with Gasteiger partial charge in [0.15, 0.2) is 17.5 Å². The lowest BCUT2D eigenvalue weighted by atomic mass is 9.93. The van der Waals surface area contributed by atoms with Gasteiger partial charge >= 0.3 is 0 Å². The van der Waals surface area contributed by atoms with Crippen LogP contribution in [0.4, 0.5) is 0 Å². The Morgan fingerprint density at radius 2 is 1.08 bits per heavy atom. The van der Waals surface area contributed by atoms with E-state index in [4.69, 9.17) is 23.8 Å². The summed E-state index contributed by atoms with van der Waals surface area (Å²) in [6.45, 7) is 2.02. The molecular weight excluding hydrogens is 651 g/mol. The summed E-state index contributed by atoms with van der Waals surface area (Å²) in [7, 11) is 0. The highest BCUT2D eigenvalue weighted by Gasteiger charge is 2.19. The Hall–Kier alpha value is -7.11. The molecule has 0 aliphatic heterocycles. The zero-order valence-corrected chi connectivity index (χ0v) is 28.8. The van der Waals surface area contributed by atoms with Crippen molar-refractivity contribution in [1.82, 2.24) is 15.0 Å². The van der Waals surface area contributed by atoms with E-state index >= 15 is 0 Å². The summed E-state index contributed by atoms with van der Waals surface area (Å²) in [5, 5.41) is 6.44. The number of nitrogens with zero attached hydrogens (tertiary/aromatic N) is 3. The van der Waals surface area contributed by atoms with E-state index in [1.807, 2.05) is 79.7 Å². The van der Waals surface area contributed by atoms with Crippen molar-refractivity contribution in [3.63, 3.8) is 0 Å². The minimum absolute atomic E-state index is 0.590. The van der Waals surface area contributed by atoms with E-state index in [1.54, 1.807) is 0 Å². The Kier molecular flexibility index (Phi) is 7.29. The van der Waals surface area contributed by atoms with Crippen LogP contribution in [0, 0.1) is 0 Å². The third-order valence-electron chi connectivity index (χ3n) is 9.95. The molecule has 0 aliphatic rings. The lowest BCUT2D eigenvalue weighted by Gasteiger charge is -2.13. The number of aromatic nitrogens is 3. The first kappa shape index (κ1) is 30.7. The average Bonchev–Trinajstić information content (AvgIpc) is 3.79. The van der Waals surface area contributed by atoms with E-state index in [1.165, 1.54) is 0 Å². The molecule has 53 heavy (non-hydrogen) atoms. The molecule has 0 atom stereocenters. The molecule has 7 aromatic carbocycles. The van der Waals surface area contributed by atoms with Gasteiger partial charge in [0.25, 0.3) is 0 Å².